The molecule has 1 aliphatic rings. The first-order valence-electron chi connectivity index (χ1n) is 6.98. The van der Waals surface area contributed by atoms with E-state index in [9.17, 15) is 4.79 Å². The van der Waals surface area contributed by atoms with E-state index in [0.29, 0.717) is 10.6 Å². The number of carbonyl (C=O) groups is 1. The van der Waals surface area contributed by atoms with E-state index in [0.717, 1.165) is 30.7 Å². The van der Waals surface area contributed by atoms with Crippen LogP contribution in [-0.2, 0) is 0 Å². The van der Waals surface area contributed by atoms with E-state index in [1.165, 1.54) is 11.3 Å². The first kappa shape index (κ1) is 13.9. The molecule has 0 bridgehead atoms. The molecule has 0 radical (unpaired) electrons. The molecule has 0 aliphatic carbocycles. The predicted octanol–water partition coefficient (Wildman–Crippen LogP) is 3.32. The summed E-state index contributed by atoms with van der Waals surface area (Å²) < 4.78 is 5.28. The summed E-state index contributed by atoms with van der Waals surface area (Å²) in [6.45, 7) is 0.776. The number of benzene rings is 1. The Kier molecular flexibility index (Phi) is 3.84. The van der Waals surface area contributed by atoms with Gasteiger partial charge in [0.15, 0.2) is 0 Å². The summed E-state index contributed by atoms with van der Waals surface area (Å²) in [6, 6.07) is 9.84. The smallest absolute Gasteiger partial charge is 0.266 e. The highest BCUT2D eigenvalue weighted by molar-refractivity contribution is 7.12. The maximum atomic E-state index is 12.7. The second-order valence-electron chi connectivity index (χ2n) is 5.14. The summed E-state index contributed by atoms with van der Waals surface area (Å²) in [4.78, 5) is 15.3. The van der Waals surface area contributed by atoms with Gasteiger partial charge in [0.05, 0.1) is 18.8 Å². The number of hydrogen-bond acceptors (Lipinski definition) is 4. The van der Waals surface area contributed by atoms with Crippen LogP contribution in [0.2, 0.25) is 0 Å². The number of amides is 1. The Morgan fingerprint density at radius 3 is 3.00 bits per heavy atom. The highest BCUT2D eigenvalue weighted by Gasteiger charge is 2.32. The van der Waals surface area contributed by atoms with Crippen LogP contribution in [0.1, 0.15) is 34.1 Å². The lowest BCUT2D eigenvalue weighted by Gasteiger charge is -2.25. The third kappa shape index (κ3) is 2.61. The number of nitrogen functional groups attached to an aromatic ring is 1. The molecule has 0 spiro atoms. The topological polar surface area (TPSA) is 55.6 Å². The van der Waals surface area contributed by atoms with Crippen molar-refractivity contribution in [3.63, 3.8) is 0 Å². The molecule has 1 saturated heterocycles. The number of hydrogen-bond donors (Lipinski definition) is 1. The van der Waals surface area contributed by atoms with Gasteiger partial charge in [-0.2, -0.15) is 0 Å². The molecule has 2 aromatic rings. The van der Waals surface area contributed by atoms with Crippen LogP contribution < -0.4 is 10.5 Å². The molecule has 0 saturated carbocycles. The lowest BCUT2D eigenvalue weighted by Crippen LogP contribution is -2.30. The summed E-state index contributed by atoms with van der Waals surface area (Å²) in [7, 11) is 1.66. The van der Waals surface area contributed by atoms with Crippen LogP contribution in [0.25, 0.3) is 0 Å². The van der Waals surface area contributed by atoms with Gasteiger partial charge in [0.2, 0.25) is 0 Å². The number of thiophene rings is 1. The highest BCUT2D eigenvalue weighted by atomic mass is 32.1. The molecule has 110 valence electrons. The molecule has 1 fully saturated rings. The zero-order valence-electron chi connectivity index (χ0n) is 11.9. The van der Waals surface area contributed by atoms with Crippen molar-refractivity contribution < 1.29 is 9.53 Å². The number of likely N-dealkylation sites (tertiary alicyclic amines) is 1. The third-order valence-corrected chi connectivity index (χ3v) is 4.80. The molecule has 21 heavy (non-hydrogen) atoms. The molecule has 1 unspecified atom stereocenters. The average molecular weight is 302 g/mol. The van der Waals surface area contributed by atoms with E-state index in [2.05, 4.69) is 6.07 Å². The van der Waals surface area contributed by atoms with Crippen molar-refractivity contribution in [2.45, 2.75) is 18.9 Å². The van der Waals surface area contributed by atoms with Crippen LogP contribution in [-0.4, -0.2) is 24.5 Å². The van der Waals surface area contributed by atoms with Crippen molar-refractivity contribution >= 4 is 22.9 Å². The minimum atomic E-state index is 0.0350. The number of ether oxygens (including phenoxy) is 1. The molecule has 1 aromatic heterocycles. The van der Waals surface area contributed by atoms with E-state index in [-0.39, 0.29) is 11.9 Å². The summed E-state index contributed by atoms with van der Waals surface area (Å²) in [5.41, 5.74) is 7.57. The number of nitrogens with zero attached hydrogens (tertiary/aromatic N) is 1. The SMILES string of the molecule is COc1cccc(C2CCCN2C(=O)c2sccc2N)c1. The van der Waals surface area contributed by atoms with Crippen molar-refractivity contribution in [2.75, 3.05) is 19.4 Å². The Bertz CT molecular complexity index is 653. The van der Waals surface area contributed by atoms with Gasteiger partial charge in [0.25, 0.3) is 5.91 Å². The Morgan fingerprint density at radius 1 is 1.43 bits per heavy atom. The second-order valence-corrected chi connectivity index (χ2v) is 6.05. The molecule has 1 aliphatic heterocycles. The lowest BCUT2D eigenvalue weighted by atomic mass is 10.0. The van der Waals surface area contributed by atoms with Crippen LogP contribution in [0.5, 0.6) is 5.75 Å². The number of anilines is 1. The molecule has 1 aromatic carbocycles. The summed E-state index contributed by atoms with van der Waals surface area (Å²) >= 11 is 1.41. The monoisotopic (exact) mass is 302 g/mol. The van der Waals surface area contributed by atoms with Gasteiger partial charge < -0.3 is 15.4 Å². The maximum absolute atomic E-state index is 12.7. The highest BCUT2D eigenvalue weighted by Crippen LogP contribution is 2.36. The van der Waals surface area contributed by atoms with Gasteiger partial charge in [-0.3, -0.25) is 4.79 Å². The van der Waals surface area contributed by atoms with Gasteiger partial charge in [-0.1, -0.05) is 12.1 Å². The van der Waals surface area contributed by atoms with Crippen molar-refractivity contribution in [3.8, 4) is 5.75 Å². The van der Waals surface area contributed by atoms with Crippen molar-refractivity contribution in [3.05, 3.63) is 46.2 Å². The fraction of sp³-hybridized carbons (Fsp3) is 0.312. The van der Waals surface area contributed by atoms with E-state index < -0.39 is 0 Å². The minimum absolute atomic E-state index is 0.0350. The summed E-state index contributed by atoms with van der Waals surface area (Å²) in [5, 5.41) is 1.86. The zero-order valence-corrected chi connectivity index (χ0v) is 12.7. The first-order chi connectivity index (χ1) is 10.2. The number of nitrogens with two attached hydrogens (primary N) is 1. The van der Waals surface area contributed by atoms with Gasteiger partial charge >= 0.3 is 0 Å². The third-order valence-electron chi connectivity index (χ3n) is 3.88. The number of methoxy groups -OCH3 is 1. The van der Waals surface area contributed by atoms with Gasteiger partial charge in [-0.05, 0) is 42.0 Å². The Balaban J connectivity index is 1.88. The number of rotatable bonds is 3. The van der Waals surface area contributed by atoms with Crippen LogP contribution in [0.3, 0.4) is 0 Å². The fourth-order valence-electron chi connectivity index (χ4n) is 2.83. The van der Waals surface area contributed by atoms with E-state index in [1.54, 1.807) is 13.2 Å². The Morgan fingerprint density at radius 2 is 2.29 bits per heavy atom. The molecule has 4 nitrogen and oxygen atoms in total. The molecule has 2 N–H and O–H groups in total. The molecule has 1 amide bonds. The van der Waals surface area contributed by atoms with Crippen LogP contribution in [0.15, 0.2) is 35.7 Å². The van der Waals surface area contributed by atoms with Gasteiger partial charge in [-0.25, -0.2) is 0 Å². The zero-order chi connectivity index (χ0) is 14.8. The normalized spacial score (nSPS) is 18.0. The maximum Gasteiger partial charge on any atom is 0.266 e. The Hall–Kier alpha value is -2.01. The second kappa shape index (κ2) is 5.77. The molecule has 5 heteroatoms. The molecule has 1 atom stereocenters. The lowest BCUT2D eigenvalue weighted by molar-refractivity contribution is 0.0741. The van der Waals surface area contributed by atoms with Crippen molar-refractivity contribution in [1.29, 1.82) is 0 Å². The van der Waals surface area contributed by atoms with Gasteiger partial charge in [-0.15, -0.1) is 11.3 Å². The summed E-state index contributed by atoms with van der Waals surface area (Å²) in [5.74, 6) is 0.857. The van der Waals surface area contributed by atoms with E-state index >= 15 is 0 Å². The first-order valence-corrected chi connectivity index (χ1v) is 7.86. The largest absolute Gasteiger partial charge is 0.497 e. The quantitative estimate of drug-likeness (QED) is 0.946. The van der Waals surface area contributed by atoms with Gasteiger partial charge in [0.1, 0.15) is 10.6 Å². The summed E-state index contributed by atoms with van der Waals surface area (Å²) in [6.07, 6.45) is 1.99. The fourth-order valence-corrected chi connectivity index (χ4v) is 3.60. The molecule has 3 rings (SSSR count). The van der Waals surface area contributed by atoms with Crippen LogP contribution >= 0.6 is 11.3 Å². The standard InChI is InChI=1S/C16H18N2O2S/c1-20-12-5-2-4-11(10-12)14-6-3-8-18(14)16(19)15-13(17)7-9-21-15/h2,4-5,7,9-10,14H,3,6,8,17H2,1H3. The molecular formula is C16H18N2O2S. The predicted molar refractivity (Wildman–Crippen MR) is 84.7 cm³/mol. The Labute approximate surface area is 128 Å². The van der Waals surface area contributed by atoms with Gasteiger partial charge in [0, 0.05) is 6.54 Å². The minimum Gasteiger partial charge on any atom is -0.497 e. The molecule has 2 heterocycles. The van der Waals surface area contributed by atoms with Crippen LogP contribution in [0.4, 0.5) is 5.69 Å². The van der Waals surface area contributed by atoms with E-state index in [4.69, 9.17) is 10.5 Å². The van der Waals surface area contributed by atoms with Crippen LogP contribution in [0, 0.1) is 0 Å². The number of carbonyl (C=O) groups excluding carboxylic acids is 1. The molecular weight excluding hydrogens is 284 g/mol. The van der Waals surface area contributed by atoms with Crippen molar-refractivity contribution in [2.24, 2.45) is 0 Å². The van der Waals surface area contributed by atoms with Crippen molar-refractivity contribution in [1.82, 2.24) is 4.90 Å². The average Bonchev–Trinajstić information content (AvgIpc) is 3.15. The van der Waals surface area contributed by atoms with E-state index in [1.807, 2.05) is 28.5 Å².